The number of nitrogens with zero attached hydrogens (tertiary/aromatic N) is 1. The maximum Gasteiger partial charge on any atom is 0.0273 e. The van der Waals surface area contributed by atoms with Crippen LogP contribution in [0.4, 0.5) is 0 Å². The molecular weight excluding hydrogens is 146 g/mol. The maximum absolute atomic E-state index is 3.98. The molecule has 0 amide bonds. The fourth-order valence-corrected chi connectivity index (χ4v) is 1.02. The Bertz CT molecular complexity index is 192. The third-order valence-corrected chi connectivity index (χ3v) is 2.35. The number of hydrogen-bond donors (Lipinski definition) is 0. The van der Waals surface area contributed by atoms with Crippen molar-refractivity contribution in [3.8, 4) is 0 Å². The predicted molar refractivity (Wildman–Crippen MR) is 56.9 cm³/mol. The summed E-state index contributed by atoms with van der Waals surface area (Å²) in [5.41, 5.74) is 3.21. The van der Waals surface area contributed by atoms with Crippen LogP contribution in [0, 0.1) is 5.41 Å². The molecule has 1 nitrogen and oxygen atoms in total. The van der Waals surface area contributed by atoms with Crippen molar-refractivity contribution in [1.82, 2.24) is 0 Å². The van der Waals surface area contributed by atoms with Gasteiger partial charge in [-0.3, -0.25) is 0 Å². The highest BCUT2D eigenvalue weighted by Crippen LogP contribution is 2.27. The average Bonchev–Trinajstić information content (AvgIpc) is 1.97. The van der Waals surface area contributed by atoms with Crippen LogP contribution in [0.3, 0.4) is 0 Å². The van der Waals surface area contributed by atoms with E-state index in [4.69, 9.17) is 0 Å². The molecule has 0 aromatic carbocycles. The Morgan fingerprint density at radius 2 is 1.75 bits per heavy atom. The molecule has 70 valence electrons. The molecule has 0 aliphatic rings. The van der Waals surface area contributed by atoms with Crippen LogP contribution < -0.4 is 0 Å². The Morgan fingerprint density at radius 3 is 2.08 bits per heavy atom. The Morgan fingerprint density at radius 1 is 1.25 bits per heavy atom. The lowest BCUT2D eigenvalue weighted by atomic mass is 9.84. The number of hydrogen-bond acceptors (Lipinski definition) is 1. The van der Waals surface area contributed by atoms with E-state index >= 15 is 0 Å². The van der Waals surface area contributed by atoms with Crippen molar-refractivity contribution in [3.05, 3.63) is 11.1 Å². The van der Waals surface area contributed by atoms with Gasteiger partial charge in [-0.05, 0) is 19.3 Å². The van der Waals surface area contributed by atoms with Gasteiger partial charge in [-0.25, -0.2) is 0 Å². The average molecular weight is 167 g/mol. The first-order valence-electron chi connectivity index (χ1n) is 4.47. The fourth-order valence-electron chi connectivity index (χ4n) is 1.02. The van der Waals surface area contributed by atoms with E-state index in [-0.39, 0.29) is 0 Å². The molecule has 0 fully saturated rings. The molecular formula is C11H21N. The van der Waals surface area contributed by atoms with E-state index in [0.29, 0.717) is 5.41 Å². The summed E-state index contributed by atoms with van der Waals surface area (Å²) in [4.78, 5) is 3.98. The van der Waals surface area contributed by atoms with Crippen LogP contribution >= 0.6 is 0 Å². The molecule has 1 heteroatoms. The van der Waals surface area contributed by atoms with E-state index in [1.807, 2.05) is 13.3 Å². The lowest BCUT2D eigenvalue weighted by Gasteiger charge is -2.22. The Labute approximate surface area is 76.6 Å². The van der Waals surface area contributed by atoms with Gasteiger partial charge in [-0.15, -0.1) is 0 Å². The second-order valence-corrected chi connectivity index (χ2v) is 4.30. The first kappa shape index (κ1) is 11.4. The van der Waals surface area contributed by atoms with Crippen LogP contribution in [0.2, 0.25) is 0 Å². The molecule has 0 aliphatic carbocycles. The molecule has 0 saturated heterocycles. The van der Waals surface area contributed by atoms with Crippen molar-refractivity contribution in [1.29, 1.82) is 0 Å². The van der Waals surface area contributed by atoms with Crippen LogP contribution in [-0.2, 0) is 0 Å². The molecule has 0 atom stereocenters. The highest BCUT2D eigenvalue weighted by molar-refractivity contribution is 5.61. The fraction of sp³-hybridized carbons (Fsp3) is 0.727. The van der Waals surface area contributed by atoms with Gasteiger partial charge >= 0.3 is 0 Å². The first-order valence-corrected chi connectivity index (χ1v) is 4.47. The summed E-state index contributed by atoms with van der Waals surface area (Å²) in [6.45, 7) is 11.1. The van der Waals surface area contributed by atoms with Gasteiger partial charge in [0.15, 0.2) is 0 Å². The van der Waals surface area contributed by atoms with E-state index in [2.05, 4.69) is 39.6 Å². The minimum Gasteiger partial charge on any atom is -0.301 e. The summed E-state index contributed by atoms with van der Waals surface area (Å²) < 4.78 is 0. The molecule has 0 aromatic heterocycles. The van der Waals surface area contributed by atoms with Crippen molar-refractivity contribution in [2.75, 3.05) is 7.05 Å². The maximum atomic E-state index is 3.98. The molecule has 0 heterocycles. The van der Waals surface area contributed by atoms with E-state index in [0.717, 1.165) is 6.42 Å². The van der Waals surface area contributed by atoms with Crippen LogP contribution in [0.1, 0.15) is 41.0 Å². The third-order valence-electron chi connectivity index (χ3n) is 2.35. The second-order valence-electron chi connectivity index (χ2n) is 4.30. The minimum absolute atomic E-state index is 0.297. The van der Waals surface area contributed by atoms with Gasteiger partial charge in [0.05, 0.1) is 0 Å². The molecule has 0 bridgehead atoms. The Balaban J connectivity index is 4.47. The third kappa shape index (κ3) is 3.70. The van der Waals surface area contributed by atoms with E-state index < -0.39 is 0 Å². The van der Waals surface area contributed by atoms with Gasteiger partial charge in [0.25, 0.3) is 0 Å². The molecule has 0 unspecified atom stereocenters. The zero-order valence-corrected chi connectivity index (χ0v) is 9.23. The van der Waals surface area contributed by atoms with Crippen LogP contribution in [0.15, 0.2) is 16.1 Å². The summed E-state index contributed by atoms with van der Waals surface area (Å²) in [5, 5.41) is 0. The number of aliphatic imine (C=N–C) groups is 1. The number of rotatable bonds is 2. The van der Waals surface area contributed by atoms with E-state index in [9.17, 15) is 0 Å². The highest BCUT2D eigenvalue weighted by atomic mass is 14.6. The summed E-state index contributed by atoms with van der Waals surface area (Å²) in [6, 6.07) is 0. The zero-order valence-electron chi connectivity index (χ0n) is 9.23. The molecule has 0 spiro atoms. The van der Waals surface area contributed by atoms with Crippen molar-refractivity contribution >= 4 is 6.21 Å². The largest absolute Gasteiger partial charge is 0.301 e. The molecule has 0 rings (SSSR count). The van der Waals surface area contributed by atoms with Gasteiger partial charge in [-0.1, -0.05) is 31.9 Å². The zero-order chi connectivity index (χ0) is 9.78. The normalized spacial score (nSPS) is 15.2. The van der Waals surface area contributed by atoms with Crippen molar-refractivity contribution in [2.24, 2.45) is 10.4 Å². The quantitative estimate of drug-likeness (QED) is 0.441. The monoisotopic (exact) mass is 167 g/mol. The van der Waals surface area contributed by atoms with Crippen LogP contribution in [-0.4, -0.2) is 13.3 Å². The summed E-state index contributed by atoms with van der Waals surface area (Å²) >= 11 is 0. The van der Waals surface area contributed by atoms with E-state index in [1.54, 1.807) is 0 Å². The van der Waals surface area contributed by atoms with Gasteiger partial charge in [0.2, 0.25) is 0 Å². The first-order chi connectivity index (χ1) is 5.39. The SMILES string of the molecule is CN=CC/C(C)=C(\C)C(C)(C)C. The molecule has 0 aliphatic heterocycles. The molecule has 0 radical (unpaired) electrons. The van der Waals surface area contributed by atoms with Crippen molar-refractivity contribution < 1.29 is 0 Å². The Hall–Kier alpha value is -0.590. The minimum atomic E-state index is 0.297. The smallest absolute Gasteiger partial charge is 0.0273 e. The molecule has 0 N–H and O–H groups in total. The lowest BCUT2D eigenvalue weighted by Crippen LogP contribution is -2.08. The topological polar surface area (TPSA) is 12.4 Å². The van der Waals surface area contributed by atoms with Crippen LogP contribution in [0.25, 0.3) is 0 Å². The molecule has 12 heavy (non-hydrogen) atoms. The standard InChI is InChI=1S/C11H21N/c1-9(7-8-12-6)10(2)11(3,4)5/h8H,7H2,1-6H3/b10-9+,12-8?. The van der Waals surface area contributed by atoms with E-state index in [1.165, 1.54) is 11.1 Å². The summed E-state index contributed by atoms with van der Waals surface area (Å²) in [7, 11) is 1.82. The Kier molecular flexibility index (Phi) is 4.22. The van der Waals surface area contributed by atoms with Crippen molar-refractivity contribution in [2.45, 2.75) is 41.0 Å². The van der Waals surface area contributed by atoms with Gasteiger partial charge in [0, 0.05) is 19.7 Å². The molecule has 0 aromatic rings. The summed E-state index contributed by atoms with van der Waals surface area (Å²) in [5.74, 6) is 0. The van der Waals surface area contributed by atoms with Crippen LogP contribution in [0.5, 0.6) is 0 Å². The van der Waals surface area contributed by atoms with Gasteiger partial charge < -0.3 is 4.99 Å². The second kappa shape index (κ2) is 4.44. The number of allylic oxidation sites excluding steroid dienone is 2. The van der Waals surface area contributed by atoms with Gasteiger partial charge in [0.1, 0.15) is 0 Å². The van der Waals surface area contributed by atoms with Crippen molar-refractivity contribution in [3.63, 3.8) is 0 Å². The highest BCUT2D eigenvalue weighted by Gasteiger charge is 2.14. The lowest BCUT2D eigenvalue weighted by molar-refractivity contribution is 0.497. The summed E-state index contributed by atoms with van der Waals surface area (Å²) in [6.07, 6.45) is 2.95. The predicted octanol–water partition coefficient (Wildman–Crippen LogP) is 3.46. The molecule has 0 saturated carbocycles. The van der Waals surface area contributed by atoms with Gasteiger partial charge in [-0.2, -0.15) is 0 Å².